The van der Waals surface area contributed by atoms with Crippen molar-refractivity contribution in [3.8, 4) is 5.88 Å². The predicted molar refractivity (Wildman–Crippen MR) is 177 cm³/mol. The summed E-state index contributed by atoms with van der Waals surface area (Å²) in [6.07, 6.45) is -8.66. The van der Waals surface area contributed by atoms with Crippen LogP contribution in [-0.2, 0) is 37.9 Å². The number of carbonyl (C=O) groups excluding carboxylic acids is 3. The van der Waals surface area contributed by atoms with Crippen LogP contribution in [0.3, 0.4) is 0 Å². The lowest BCUT2D eigenvalue weighted by molar-refractivity contribution is -0.143. The average Bonchev–Trinajstić information content (AvgIpc) is 3.13. The Balaban J connectivity index is 1.90. The maximum absolute atomic E-state index is 13.9. The number of ether oxygens (including phenoxy) is 4. The Hall–Kier alpha value is -5.36. The van der Waals surface area contributed by atoms with E-state index in [9.17, 15) is 40.7 Å². The summed E-state index contributed by atoms with van der Waals surface area (Å²) in [6, 6.07) is 2.81. The summed E-state index contributed by atoms with van der Waals surface area (Å²) in [6.45, 7) is 2.90. The van der Waals surface area contributed by atoms with E-state index in [0.29, 0.717) is 18.6 Å². The highest BCUT2D eigenvalue weighted by Crippen LogP contribution is 2.44. The van der Waals surface area contributed by atoms with Gasteiger partial charge in [-0.15, -0.1) is 0 Å². The number of pyridine rings is 1. The summed E-state index contributed by atoms with van der Waals surface area (Å²) >= 11 is 0. The molecule has 288 valence electrons. The van der Waals surface area contributed by atoms with Crippen LogP contribution in [0.15, 0.2) is 42.7 Å². The molecule has 4 rings (SSSR count). The number of carbonyl (C=O) groups is 3. The second-order valence-corrected chi connectivity index (χ2v) is 11.7. The second kappa shape index (κ2) is 17.0. The monoisotopic (exact) mass is 756 g/mol. The predicted octanol–water partition coefficient (Wildman–Crippen LogP) is 7.34. The molecule has 3 heterocycles. The van der Waals surface area contributed by atoms with Gasteiger partial charge in [0.1, 0.15) is 0 Å². The number of rotatable bonds is 12. The molecule has 0 saturated heterocycles. The number of anilines is 3. The molecule has 0 N–H and O–H groups in total. The Morgan fingerprint density at radius 3 is 2.09 bits per heavy atom. The summed E-state index contributed by atoms with van der Waals surface area (Å²) in [7, 11) is 3.71. The molecule has 1 aromatic carbocycles. The zero-order chi connectivity index (χ0) is 39.1. The minimum Gasteiger partial charge on any atom is -0.481 e. The van der Waals surface area contributed by atoms with Crippen LogP contribution in [-0.4, -0.2) is 73.6 Å². The molecule has 0 saturated carbocycles. The fraction of sp³-hybridized carbons (Fsp3) is 0.471. The van der Waals surface area contributed by atoms with Gasteiger partial charge in [0, 0.05) is 31.6 Å². The van der Waals surface area contributed by atoms with E-state index in [1.165, 1.54) is 42.5 Å². The number of hydrogen-bond donors (Lipinski definition) is 0. The molecule has 53 heavy (non-hydrogen) atoms. The first-order valence-corrected chi connectivity index (χ1v) is 16.4. The molecule has 2 aromatic heterocycles. The van der Waals surface area contributed by atoms with Gasteiger partial charge in [-0.25, -0.2) is 24.5 Å². The van der Waals surface area contributed by atoms with E-state index in [4.69, 9.17) is 14.2 Å². The van der Waals surface area contributed by atoms with Gasteiger partial charge in [0.2, 0.25) is 11.8 Å². The highest BCUT2D eigenvalue weighted by molar-refractivity contribution is 5.90. The van der Waals surface area contributed by atoms with Crippen molar-refractivity contribution in [1.29, 1.82) is 0 Å². The molecule has 19 heteroatoms. The molecular weight excluding hydrogens is 718 g/mol. The second-order valence-electron chi connectivity index (χ2n) is 11.7. The van der Waals surface area contributed by atoms with E-state index < -0.39 is 60.3 Å². The van der Waals surface area contributed by atoms with Crippen LogP contribution in [0.1, 0.15) is 68.0 Å². The lowest BCUT2D eigenvalue weighted by Crippen LogP contribution is -2.48. The summed E-state index contributed by atoms with van der Waals surface area (Å²) in [5.41, 5.74) is -2.81. The number of nitrogens with zero attached hydrogens (tertiary/aromatic N) is 6. The van der Waals surface area contributed by atoms with Crippen LogP contribution in [0.25, 0.3) is 0 Å². The number of amides is 2. The number of halogens is 6. The smallest absolute Gasteiger partial charge is 0.416 e. The van der Waals surface area contributed by atoms with Gasteiger partial charge in [0.25, 0.3) is 0 Å². The Bertz CT molecular complexity index is 1730. The van der Waals surface area contributed by atoms with Crippen molar-refractivity contribution in [2.24, 2.45) is 0 Å². The molecule has 13 nitrogen and oxygen atoms in total. The standard InChI is InChI=1S/C34H38F6N6O7/c1-6-23-16-26(29-25(10-11-27(43-29)50-3)46(23)32(49)53-7-2)45(19-20-13-21(33(35,36)37)15-22(14-20)34(38,39)40)30-41-17-24(18-42-30)44(31(48)52-5)12-8-9-28(47)51-4/h10-11,13-15,17-18,23,26H,6-9,12,16,19H2,1-5H3/t23-,26+/m1/s1. The highest BCUT2D eigenvalue weighted by atomic mass is 19.4. The van der Waals surface area contributed by atoms with E-state index in [1.54, 1.807) is 19.9 Å². The van der Waals surface area contributed by atoms with Crippen LogP contribution in [0.2, 0.25) is 0 Å². The van der Waals surface area contributed by atoms with Crippen molar-refractivity contribution in [2.45, 2.75) is 70.5 Å². The van der Waals surface area contributed by atoms with Crippen molar-refractivity contribution in [2.75, 3.05) is 49.2 Å². The fourth-order valence-electron chi connectivity index (χ4n) is 5.90. The van der Waals surface area contributed by atoms with Crippen LogP contribution in [0, 0.1) is 0 Å². The molecule has 2 amide bonds. The zero-order valence-electron chi connectivity index (χ0n) is 29.5. The molecule has 0 radical (unpaired) electrons. The third-order valence-corrected chi connectivity index (χ3v) is 8.41. The minimum absolute atomic E-state index is 0.0137. The Labute approximate surface area is 300 Å². The highest BCUT2D eigenvalue weighted by Gasteiger charge is 2.42. The minimum atomic E-state index is -5.11. The SMILES string of the molecule is CCOC(=O)N1c2ccc(OC)nc2[C@@H](N(Cc2cc(C(F)(F)F)cc(C(F)(F)F)c2)c2ncc(N(CCCC(=O)OC)C(=O)OC)cn2)C[C@H]1CC. The first-order valence-electron chi connectivity index (χ1n) is 16.4. The number of fused-ring (bicyclic) bond motifs is 1. The molecule has 1 aliphatic heterocycles. The van der Waals surface area contributed by atoms with Gasteiger partial charge in [-0.05, 0) is 56.0 Å². The van der Waals surface area contributed by atoms with Crippen molar-refractivity contribution in [3.05, 3.63) is 65.1 Å². The van der Waals surface area contributed by atoms with Crippen LogP contribution >= 0.6 is 0 Å². The summed E-state index contributed by atoms with van der Waals surface area (Å²) in [5.74, 6) is -0.549. The Morgan fingerprint density at radius 2 is 1.57 bits per heavy atom. The lowest BCUT2D eigenvalue weighted by atomic mass is 9.92. The van der Waals surface area contributed by atoms with Gasteiger partial charge < -0.3 is 23.8 Å². The normalized spacial score (nSPS) is 15.6. The molecule has 0 bridgehead atoms. The molecule has 0 unspecified atom stereocenters. The van der Waals surface area contributed by atoms with E-state index in [1.807, 2.05) is 0 Å². The van der Waals surface area contributed by atoms with Gasteiger partial charge in [0.15, 0.2) is 0 Å². The molecule has 0 aliphatic carbocycles. The number of esters is 1. The third-order valence-electron chi connectivity index (χ3n) is 8.41. The molecule has 0 fully saturated rings. The van der Waals surface area contributed by atoms with Gasteiger partial charge >= 0.3 is 30.5 Å². The van der Waals surface area contributed by atoms with Gasteiger partial charge in [-0.3, -0.25) is 14.6 Å². The molecule has 2 atom stereocenters. The molecular formula is C34H38F6N6O7. The third kappa shape index (κ3) is 9.55. The van der Waals surface area contributed by atoms with Crippen LogP contribution in [0.5, 0.6) is 5.88 Å². The zero-order valence-corrected chi connectivity index (χ0v) is 29.5. The molecule has 3 aromatic rings. The Kier molecular flexibility index (Phi) is 12.9. The lowest BCUT2D eigenvalue weighted by Gasteiger charge is -2.43. The number of alkyl halides is 6. The number of hydrogen-bond acceptors (Lipinski definition) is 11. The first kappa shape index (κ1) is 40.4. The number of methoxy groups -OCH3 is 3. The van der Waals surface area contributed by atoms with E-state index in [0.717, 1.165) is 12.0 Å². The quantitative estimate of drug-likeness (QED) is 0.104. The van der Waals surface area contributed by atoms with Crippen LogP contribution < -0.4 is 19.4 Å². The van der Waals surface area contributed by atoms with Crippen molar-refractivity contribution < 1.29 is 59.7 Å². The van der Waals surface area contributed by atoms with Gasteiger partial charge in [-0.1, -0.05) is 6.92 Å². The number of aromatic nitrogens is 3. The topological polar surface area (TPSA) is 137 Å². The molecule has 0 spiro atoms. The molecule has 1 aliphatic rings. The average molecular weight is 757 g/mol. The number of benzene rings is 1. The summed E-state index contributed by atoms with van der Waals surface area (Å²) in [4.78, 5) is 54.9. The summed E-state index contributed by atoms with van der Waals surface area (Å²) < 4.78 is 104. The largest absolute Gasteiger partial charge is 0.481 e. The fourth-order valence-corrected chi connectivity index (χ4v) is 5.90. The van der Waals surface area contributed by atoms with E-state index >= 15 is 0 Å². The Morgan fingerprint density at radius 1 is 0.925 bits per heavy atom. The van der Waals surface area contributed by atoms with Crippen molar-refractivity contribution in [1.82, 2.24) is 15.0 Å². The van der Waals surface area contributed by atoms with Gasteiger partial charge in [0.05, 0.1) is 74.6 Å². The van der Waals surface area contributed by atoms with E-state index in [-0.39, 0.29) is 72.9 Å². The maximum Gasteiger partial charge on any atom is 0.416 e. The van der Waals surface area contributed by atoms with E-state index in [2.05, 4.69) is 19.7 Å². The van der Waals surface area contributed by atoms with Gasteiger partial charge in [-0.2, -0.15) is 26.3 Å². The van der Waals surface area contributed by atoms with Crippen molar-refractivity contribution in [3.63, 3.8) is 0 Å². The van der Waals surface area contributed by atoms with Crippen LogP contribution in [0.4, 0.5) is 53.3 Å². The first-order chi connectivity index (χ1) is 25.1. The van der Waals surface area contributed by atoms with Crippen molar-refractivity contribution >= 4 is 35.5 Å². The maximum atomic E-state index is 13.9. The summed E-state index contributed by atoms with van der Waals surface area (Å²) in [5, 5.41) is 0.